The normalized spacial score (nSPS) is 17.1. The van der Waals surface area contributed by atoms with E-state index in [2.05, 4.69) is 4.90 Å². The van der Waals surface area contributed by atoms with Crippen molar-refractivity contribution in [2.24, 2.45) is 0 Å². The molecule has 0 saturated carbocycles. The van der Waals surface area contributed by atoms with Gasteiger partial charge in [0.1, 0.15) is 0 Å². The lowest BCUT2D eigenvalue weighted by Gasteiger charge is -2.34. The summed E-state index contributed by atoms with van der Waals surface area (Å²) in [4.78, 5) is 27.1. The number of aromatic nitrogens is 1. The van der Waals surface area contributed by atoms with E-state index < -0.39 is 0 Å². The van der Waals surface area contributed by atoms with Gasteiger partial charge in [-0.3, -0.25) is 14.5 Å². The fraction of sp³-hybridized carbons (Fsp3) is 0.667. The monoisotopic (exact) mass is 269 g/mol. The molecular formula is C12H19N3O2S. The minimum Gasteiger partial charge on any atom is -0.340 e. The molecule has 0 aliphatic carbocycles. The van der Waals surface area contributed by atoms with Gasteiger partial charge in [-0.1, -0.05) is 11.3 Å². The third-order valence-electron chi connectivity index (χ3n) is 3.43. The van der Waals surface area contributed by atoms with Gasteiger partial charge in [0.05, 0.1) is 0 Å². The first-order chi connectivity index (χ1) is 8.58. The van der Waals surface area contributed by atoms with Crippen LogP contribution in [0.3, 0.4) is 0 Å². The molecule has 0 atom stereocenters. The molecule has 2 rings (SSSR count). The second-order valence-electron chi connectivity index (χ2n) is 4.64. The molecule has 0 aromatic carbocycles. The maximum Gasteiger partial charge on any atom is 0.307 e. The number of aryl methyl sites for hydroxylation is 1. The molecule has 18 heavy (non-hydrogen) atoms. The molecule has 1 saturated heterocycles. The number of amides is 1. The summed E-state index contributed by atoms with van der Waals surface area (Å²) in [5, 5.41) is 1.90. The Morgan fingerprint density at radius 2 is 1.94 bits per heavy atom. The van der Waals surface area contributed by atoms with Crippen LogP contribution in [0.5, 0.6) is 0 Å². The van der Waals surface area contributed by atoms with E-state index in [0.717, 1.165) is 45.0 Å². The largest absolute Gasteiger partial charge is 0.340 e. The maximum absolute atomic E-state index is 11.6. The summed E-state index contributed by atoms with van der Waals surface area (Å²) in [5.41, 5.74) is 1.03. The molecule has 5 nitrogen and oxygen atoms in total. The lowest BCUT2D eigenvalue weighted by molar-refractivity contribution is -0.130. The number of rotatable bonds is 3. The molecule has 0 unspecified atom stereocenters. The SMILES string of the molecule is CC(=O)N1CCN(CCn2c(C)csc2=O)CC1. The first-order valence-corrected chi connectivity index (χ1v) is 7.08. The molecule has 0 N–H and O–H groups in total. The van der Waals surface area contributed by atoms with Gasteiger partial charge >= 0.3 is 4.87 Å². The van der Waals surface area contributed by atoms with Crippen LogP contribution in [0.1, 0.15) is 12.6 Å². The van der Waals surface area contributed by atoms with E-state index in [9.17, 15) is 9.59 Å². The third-order valence-corrected chi connectivity index (χ3v) is 4.31. The molecule has 100 valence electrons. The van der Waals surface area contributed by atoms with E-state index in [1.54, 1.807) is 6.92 Å². The minimum absolute atomic E-state index is 0.120. The zero-order valence-electron chi connectivity index (χ0n) is 10.9. The van der Waals surface area contributed by atoms with Crippen LogP contribution in [0.4, 0.5) is 0 Å². The Balaban J connectivity index is 1.83. The van der Waals surface area contributed by atoms with E-state index in [1.807, 2.05) is 21.8 Å². The van der Waals surface area contributed by atoms with Gasteiger partial charge in [0.2, 0.25) is 5.91 Å². The van der Waals surface area contributed by atoms with Crippen LogP contribution in [0.25, 0.3) is 0 Å². The van der Waals surface area contributed by atoms with Crippen molar-refractivity contribution in [3.05, 3.63) is 20.7 Å². The summed E-state index contributed by atoms with van der Waals surface area (Å²) < 4.78 is 1.82. The van der Waals surface area contributed by atoms with Crippen molar-refractivity contribution in [3.8, 4) is 0 Å². The highest BCUT2D eigenvalue weighted by atomic mass is 32.1. The van der Waals surface area contributed by atoms with Crippen LogP contribution in [-0.4, -0.2) is 53.0 Å². The second kappa shape index (κ2) is 5.67. The van der Waals surface area contributed by atoms with Gasteiger partial charge in [0.25, 0.3) is 0 Å². The smallest absolute Gasteiger partial charge is 0.307 e. The molecule has 1 amide bonds. The Morgan fingerprint density at radius 3 is 2.44 bits per heavy atom. The van der Waals surface area contributed by atoms with Crippen molar-refractivity contribution in [1.82, 2.24) is 14.4 Å². The maximum atomic E-state index is 11.6. The van der Waals surface area contributed by atoms with Gasteiger partial charge in [0.15, 0.2) is 0 Å². The molecule has 1 aliphatic heterocycles. The summed E-state index contributed by atoms with van der Waals surface area (Å²) >= 11 is 1.26. The fourth-order valence-corrected chi connectivity index (χ4v) is 2.96. The van der Waals surface area contributed by atoms with Crippen LogP contribution in [0.2, 0.25) is 0 Å². The van der Waals surface area contributed by atoms with E-state index >= 15 is 0 Å². The van der Waals surface area contributed by atoms with Crippen molar-refractivity contribution in [2.75, 3.05) is 32.7 Å². The van der Waals surface area contributed by atoms with E-state index in [0.29, 0.717) is 0 Å². The Labute approximate surface area is 111 Å². The second-order valence-corrected chi connectivity index (χ2v) is 5.46. The van der Waals surface area contributed by atoms with Gasteiger partial charge in [-0.05, 0) is 6.92 Å². The topological polar surface area (TPSA) is 45.6 Å². The Hall–Kier alpha value is -1.14. The minimum atomic E-state index is 0.120. The molecule has 1 aromatic rings. The van der Waals surface area contributed by atoms with Gasteiger partial charge in [-0.2, -0.15) is 0 Å². The molecule has 1 aliphatic rings. The molecule has 0 radical (unpaired) electrons. The number of carbonyl (C=O) groups is 1. The van der Waals surface area contributed by atoms with Crippen molar-refractivity contribution in [2.45, 2.75) is 20.4 Å². The van der Waals surface area contributed by atoms with Crippen molar-refractivity contribution >= 4 is 17.2 Å². The highest BCUT2D eigenvalue weighted by Crippen LogP contribution is 2.04. The average molecular weight is 269 g/mol. The van der Waals surface area contributed by atoms with Gasteiger partial charge in [0, 0.05) is 57.3 Å². The highest BCUT2D eigenvalue weighted by Gasteiger charge is 2.18. The number of hydrogen-bond acceptors (Lipinski definition) is 4. The lowest BCUT2D eigenvalue weighted by Crippen LogP contribution is -2.48. The van der Waals surface area contributed by atoms with Crippen LogP contribution >= 0.6 is 11.3 Å². The zero-order valence-corrected chi connectivity index (χ0v) is 11.7. The highest BCUT2D eigenvalue weighted by molar-refractivity contribution is 7.07. The standard InChI is InChI=1S/C12H19N3O2S/c1-10-9-18-12(17)15(10)8-5-13-3-6-14(7-4-13)11(2)16/h9H,3-8H2,1-2H3. The summed E-state index contributed by atoms with van der Waals surface area (Å²) in [6.45, 7) is 8.60. The van der Waals surface area contributed by atoms with E-state index in [1.165, 1.54) is 11.3 Å². The van der Waals surface area contributed by atoms with Crippen molar-refractivity contribution < 1.29 is 4.79 Å². The summed E-state index contributed by atoms with van der Waals surface area (Å²) in [6, 6.07) is 0. The summed E-state index contributed by atoms with van der Waals surface area (Å²) in [7, 11) is 0. The molecule has 2 heterocycles. The Morgan fingerprint density at radius 1 is 1.28 bits per heavy atom. The number of carbonyl (C=O) groups excluding carboxylic acids is 1. The quantitative estimate of drug-likeness (QED) is 0.797. The molecule has 1 aromatic heterocycles. The van der Waals surface area contributed by atoms with Gasteiger partial charge in [-0.25, -0.2) is 0 Å². The summed E-state index contributed by atoms with van der Waals surface area (Å²) in [5.74, 6) is 0.152. The van der Waals surface area contributed by atoms with Crippen molar-refractivity contribution in [1.29, 1.82) is 0 Å². The van der Waals surface area contributed by atoms with Crippen LogP contribution in [0, 0.1) is 6.92 Å². The number of piperazine rings is 1. The molecule has 1 fully saturated rings. The van der Waals surface area contributed by atoms with Gasteiger partial charge in [-0.15, -0.1) is 0 Å². The molecule has 0 spiro atoms. The van der Waals surface area contributed by atoms with Crippen LogP contribution in [0.15, 0.2) is 10.2 Å². The van der Waals surface area contributed by atoms with E-state index in [4.69, 9.17) is 0 Å². The number of hydrogen-bond donors (Lipinski definition) is 0. The Kier molecular flexibility index (Phi) is 4.19. The third kappa shape index (κ3) is 3.00. The first-order valence-electron chi connectivity index (χ1n) is 6.20. The predicted molar refractivity (Wildman–Crippen MR) is 72.0 cm³/mol. The molecule has 6 heteroatoms. The van der Waals surface area contributed by atoms with Crippen LogP contribution < -0.4 is 4.87 Å². The zero-order chi connectivity index (χ0) is 13.1. The van der Waals surface area contributed by atoms with Gasteiger partial charge < -0.3 is 9.47 Å². The van der Waals surface area contributed by atoms with Crippen LogP contribution in [-0.2, 0) is 11.3 Å². The summed E-state index contributed by atoms with van der Waals surface area (Å²) in [6.07, 6.45) is 0. The van der Waals surface area contributed by atoms with E-state index in [-0.39, 0.29) is 10.8 Å². The number of nitrogens with zero attached hydrogens (tertiary/aromatic N) is 3. The molecule has 0 bridgehead atoms. The lowest BCUT2D eigenvalue weighted by atomic mass is 10.3. The first kappa shape index (κ1) is 13.3. The van der Waals surface area contributed by atoms with Crippen molar-refractivity contribution in [3.63, 3.8) is 0 Å². The Bertz CT molecular complexity index is 472. The predicted octanol–water partition coefficient (Wildman–Crippen LogP) is 0.382. The number of thiazole rings is 1. The average Bonchev–Trinajstić information content (AvgIpc) is 2.67. The fourth-order valence-electron chi connectivity index (χ4n) is 2.20. The molecular weight excluding hydrogens is 250 g/mol.